The predicted molar refractivity (Wildman–Crippen MR) is 49.1 cm³/mol. The summed E-state index contributed by atoms with van der Waals surface area (Å²) in [6, 6.07) is 0. The molecular weight excluding hydrogens is 262 g/mol. The summed E-state index contributed by atoms with van der Waals surface area (Å²) in [4.78, 5) is 36.4. The van der Waals surface area contributed by atoms with Gasteiger partial charge < -0.3 is 5.11 Å². The van der Waals surface area contributed by atoms with Crippen molar-refractivity contribution in [2.24, 2.45) is 0 Å². The lowest BCUT2D eigenvalue weighted by Crippen LogP contribution is -2.75. The van der Waals surface area contributed by atoms with Gasteiger partial charge in [-0.1, -0.05) is 6.92 Å². The molecule has 0 spiro atoms. The van der Waals surface area contributed by atoms with Gasteiger partial charge in [-0.15, -0.1) is 0 Å². The van der Waals surface area contributed by atoms with E-state index >= 15 is 0 Å². The van der Waals surface area contributed by atoms with Gasteiger partial charge >= 0.3 is 11.5 Å². The maximum atomic E-state index is 10.6. The minimum absolute atomic E-state index is 0.598. The fourth-order valence-electron chi connectivity index (χ4n) is 1.16. The summed E-state index contributed by atoms with van der Waals surface area (Å²) < 4.78 is 0. The lowest BCUT2D eigenvalue weighted by atomic mass is 10.0. The van der Waals surface area contributed by atoms with Crippen molar-refractivity contribution in [1.29, 1.82) is 0 Å². The minimum Gasteiger partial charge on any atom is -0.317 e. The quantitative estimate of drug-likeness (QED) is 0.305. The lowest BCUT2D eigenvalue weighted by molar-refractivity contribution is -0.908. The van der Waals surface area contributed by atoms with Crippen LogP contribution < -0.4 is 5.43 Å². The number of hydrogen-bond donors (Lipinski definition) is 2. The molecule has 0 amide bonds. The molecule has 0 saturated heterocycles. The van der Waals surface area contributed by atoms with Crippen molar-refractivity contribution in [1.82, 2.24) is 5.43 Å². The molecule has 0 bridgehead atoms. The largest absolute Gasteiger partial charge is 0.686 e. The van der Waals surface area contributed by atoms with E-state index in [4.69, 9.17) is 0 Å². The molecular formula is C4H7N5O9. The standard InChI is InChI=1S/C4H7N5O9/c1-2-3(10,6(11)12)4(7(13)14,8(15)16)5-9(17)18/h5,10H,2H2,1H3. The molecule has 1 atom stereocenters. The summed E-state index contributed by atoms with van der Waals surface area (Å²) >= 11 is 0. The topological polar surface area (TPSA) is 205 Å². The molecule has 14 heteroatoms. The van der Waals surface area contributed by atoms with Crippen molar-refractivity contribution in [3.05, 3.63) is 40.5 Å². The Morgan fingerprint density at radius 2 is 1.39 bits per heavy atom. The normalized spacial score (nSPS) is 14.3. The summed E-state index contributed by atoms with van der Waals surface area (Å²) in [7, 11) is 0. The molecule has 18 heavy (non-hydrogen) atoms. The second kappa shape index (κ2) is 4.70. The summed E-state index contributed by atoms with van der Waals surface area (Å²) in [6.07, 6.45) is -1.11. The van der Waals surface area contributed by atoms with Gasteiger partial charge in [-0.2, -0.15) is 0 Å². The number of nitro groups is 4. The van der Waals surface area contributed by atoms with Gasteiger partial charge in [0.1, 0.15) is 9.85 Å². The van der Waals surface area contributed by atoms with Gasteiger partial charge in [0.15, 0.2) is 5.03 Å². The molecule has 102 valence electrons. The first kappa shape index (κ1) is 15.4. The van der Waals surface area contributed by atoms with E-state index in [2.05, 4.69) is 0 Å². The zero-order valence-corrected chi connectivity index (χ0v) is 8.71. The predicted octanol–water partition coefficient (Wildman–Crippen LogP) is -1.65. The molecule has 1 unspecified atom stereocenters. The molecule has 2 N–H and O–H groups in total. The Bertz CT molecular complexity index is 394. The molecule has 0 aromatic heterocycles. The fourth-order valence-corrected chi connectivity index (χ4v) is 1.16. The Hall–Kier alpha value is -2.64. The smallest absolute Gasteiger partial charge is 0.317 e. The van der Waals surface area contributed by atoms with Gasteiger partial charge in [0.25, 0.3) is 0 Å². The maximum Gasteiger partial charge on any atom is 0.686 e. The summed E-state index contributed by atoms with van der Waals surface area (Å²) in [5.74, 6) is -4.20. The van der Waals surface area contributed by atoms with Crippen LogP contribution in [0.4, 0.5) is 0 Å². The molecule has 0 aliphatic rings. The molecule has 0 radical (unpaired) electrons. The molecule has 0 aliphatic heterocycles. The molecule has 0 saturated carbocycles. The molecule has 0 rings (SSSR count). The zero-order chi connectivity index (χ0) is 14.7. The van der Waals surface area contributed by atoms with Gasteiger partial charge in [0.2, 0.25) is 0 Å². The van der Waals surface area contributed by atoms with E-state index in [1.54, 1.807) is 0 Å². The first-order chi connectivity index (χ1) is 8.06. The van der Waals surface area contributed by atoms with Crippen LogP contribution in [0.5, 0.6) is 0 Å². The summed E-state index contributed by atoms with van der Waals surface area (Å²) in [5.41, 5.74) is -3.20. The van der Waals surface area contributed by atoms with Crippen molar-refractivity contribution in [2.75, 3.05) is 0 Å². The highest BCUT2D eigenvalue weighted by molar-refractivity contribution is 4.79. The SMILES string of the molecule is CCC(O)([N+](=O)[O-])C(N[N+](=O)[O-])([N+](=O)[O-])[N+](=O)[O-]. The van der Waals surface area contributed by atoms with Gasteiger partial charge in [-0.3, -0.25) is 30.3 Å². The summed E-state index contributed by atoms with van der Waals surface area (Å²) in [5, 5.41) is 49.8. The van der Waals surface area contributed by atoms with Crippen LogP contribution in [0.2, 0.25) is 0 Å². The van der Waals surface area contributed by atoms with Crippen LogP contribution in [-0.4, -0.2) is 36.4 Å². The first-order valence-corrected chi connectivity index (χ1v) is 4.14. The lowest BCUT2D eigenvalue weighted by Gasteiger charge is -2.22. The molecule has 0 fully saturated rings. The second-order valence-corrected chi connectivity index (χ2v) is 2.98. The Labute approximate surface area is 96.8 Å². The third kappa shape index (κ3) is 1.95. The Balaban J connectivity index is 6.16. The molecule has 0 aromatic carbocycles. The highest BCUT2D eigenvalue weighted by Crippen LogP contribution is 2.28. The van der Waals surface area contributed by atoms with Crippen LogP contribution in [0.25, 0.3) is 0 Å². The van der Waals surface area contributed by atoms with Gasteiger partial charge in [-0.05, 0) is 0 Å². The number of hydrogen-bond acceptors (Lipinski definition) is 9. The van der Waals surface area contributed by atoms with Crippen LogP contribution in [-0.2, 0) is 0 Å². The number of hydrazine groups is 1. The Kier molecular flexibility index (Phi) is 4.01. The highest BCUT2D eigenvalue weighted by Gasteiger charge is 2.85. The highest BCUT2D eigenvalue weighted by atomic mass is 16.7. The van der Waals surface area contributed by atoms with Crippen LogP contribution in [0.1, 0.15) is 13.3 Å². The molecule has 0 aliphatic carbocycles. The third-order valence-corrected chi connectivity index (χ3v) is 2.13. The summed E-state index contributed by atoms with van der Waals surface area (Å²) in [6.45, 7) is 0.826. The number of nitrogens with one attached hydrogen (secondary N) is 1. The number of nitrogens with zero attached hydrogens (tertiary/aromatic N) is 4. The molecule has 14 nitrogen and oxygen atoms in total. The monoisotopic (exact) mass is 269 g/mol. The van der Waals surface area contributed by atoms with Crippen LogP contribution in [0.3, 0.4) is 0 Å². The third-order valence-electron chi connectivity index (χ3n) is 2.13. The van der Waals surface area contributed by atoms with Crippen LogP contribution in [0, 0.1) is 40.5 Å². The van der Waals surface area contributed by atoms with Crippen molar-refractivity contribution in [3.63, 3.8) is 0 Å². The van der Waals surface area contributed by atoms with E-state index in [0.29, 0.717) is 5.43 Å². The Morgan fingerprint density at radius 1 is 1.00 bits per heavy atom. The first-order valence-electron chi connectivity index (χ1n) is 4.14. The van der Waals surface area contributed by atoms with E-state index in [0.717, 1.165) is 6.92 Å². The van der Waals surface area contributed by atoms with Gasteiger partial charge in [-0.25, -0.2) is 10.1 Å². The molecule has 0 aromatic rings. The zero-order valence-electron chi connectivity index (χ0n) is 8.71. The van der Waals surface area contributed by atoms with E-state index in [-0.39, 0.29) is 0 Å². The van der Waals surface area contributed by atoms with Crippen molar-refractivity contribution >= 4 is 0 Å². The number of rotatable bonds is 7. The second-order valence-electron chi connectivity index (χ2n) is 2.98. The van der Waals surface area contributed by atoms with E-state index < -0.39 is 37.7 Å². The van der Waals surface area contributed by atoms with Crippen molar-refractivity contribution in [2.45, 2.75) is 24.9 Å². The maximum absolute atomic E-state index is 10.6. The van der Waals surface area contributed by atoms with Crippen LogP contribution in [0.15, 0.2) is 0 Å². The van der Waals surface area contributed by atoms with E-state index in [1.165, 1.54) is 0 Å². The van der Waals surface area contributed by atoms with E-state index in [1.807, 2.05) is 0 Å². The fraction of sp³-hybridized carbons (Fsp3) is 1.00. The average Bonchev–Trinajstić information content (AvgIpc) is 2.23. The molecule has 0 heterocycles. The van der Waals surface area contributed by atoms with Crippen LogP contribution >= 0.6 is 0 Å². The Morgan fingerprint density at radius 3 is 1.56 bits per heavy atom. The van der Waals surface area contributed by atoms with Crippen molar-refractivity contribution < 1.29 is 24.9 Å². The van der Waals surface area contributed by atoms with Gasteiger partial charge in [0.05, 0.1) is 11.3 Å². The average molecular weight is 269 g/mol. The van der Waals surface area contributed by atoms with Crippen molar-refractivity contribution in [3.8, 4) is 0 Å². The van der Waals surface area contributed by atoms with E-state index in [9.17, 15) is 45.6 Å². The number of aliphatic hydroxyl groups is 1. The minimum atomic E-state index is -4.20. The van der Waals surface area contributed by atoms with Gasteiger partial charge in [0, 0.05) is 5.43 Å².